The molecule has 0 aliphatic heterocycles. The van der Waals surface area contributed by atoms with Crippen LogP contribution in [0.3, 0.4) is 0 Å². The number of benzene rings is 3. The summed E-state index contributed by atoms with van der Waals surface area (Å²) in [6, 6.07) is 20.6. The maximum Gasteiger partial charge on any atom is 0.244 e. The largest absolute Gasteiger partial charge is 0.352 e. The number of carbonyl (C=O) groups excluding carboxylic acids is 2. The lowest BCUT2D eigenvalue weighted by molar-refractivity contribution is -0.140. The van der Waals surface area contributed by atoms with Gasteiger partial charge < -0.3 is 10.2 Å². The lowest BCUT2D eigenvalue weighted by Crippen LogP contribution is -2.55. The Balaban J connectivity index is 1.73. The predicted molar refractivity (Wildman–Crippen MR) is 169 cm³/mol. The first-order chi connectivity index (χ1) is 20.0. The summed E-state index contributed by atoms with van der Waals surface area (Å²) < 4.78 is 26.9. The van der Waals surface area contributed by atoms with Crippen molar-refractivity contribution in [2.75, 3.05) is 17.1 Å². The second-order valence-electron chi connectivity index (χ2n) is 10.9. The number of rotatable bonds is 11. The summed E-state index contributed by atoms with van der Waals surface area (Å²) in [5.41, 5.74) is 2.88. The first-order valence-corrected chi connectivity index (χ1v) is 16.7. The van der Waals surface area contributed by atoms with Gasteiger partial charge in [0, 0.05) is 19.0 Å². The van der Waals surface area contributed by atoms with Gasteiger partial charge in [0.15, 0.2) is 0 Å². The van der Waals surface area contributed by atoms with Gasteiger partial charge in [0.1, 0.15) is 12.6 Å². The fourth-order valence-corrected chi connectivity index (χ4v) is 6.43. The van der Waals surface area contributed by atoms with Crippen molar-refractivity contribution in [2.45, 2.75) is 64.1 Å². The summed E-state index contributed by atoms with van der Waals surface area (Å²) in [6.07, 6.45) is 6.33. The summed E-state index contributed by atoms with van der Waals surface area (Å²) in [4.78, 5) is 29.7. The quantitative estimate of drug-likeness (QED) is 0.275. The molecular formula is C32H37Cl2N3O4S. The number of hydrogen-bond donors (Lipinski definition) is 1. The zero-order valence-corrected chi connectivity index (χ0v) is 26.3. The number of nitrogens with zero attached hydrogens (tertiary/aromatic N) is 2. The second-order valence-corrected chi connectivity index (χ2v) is 13.6. The van der Waals surface area contributed by atoms with E-state index in [1.165, 1.54) is 4.90 Å². The van der Waals surface area contributed by atoms with Gasteiger partial charge in [-0.15, -0.1) is 0 Å². The van der Waals surface area contributed by atoms with Gasteiger partial charge in [0.05, 0.1) is 22.0 Å². The highest BCUT2D eigenvalue weighted by Gasteiger charge is 2.34. The average Bonchev–Trinajstić information content (AvgIpc) is 2.96. The van der Waals surface area contributed by atoms with Crippen LogP contribution in [-0.2, 0) is 32.6 Å². The van der Waals surface area contributed by atoms with E-state index in [0.717, 1.165) is 53.8 Å². The van der Waals surface area contributed by atoms with Crippen molar-refractivity contribution >= 4 is 50.7 Å². The number of anilines is 1. The molecule has 1 fully saturated rings. The number of sulfonamides is 1. The van der Waals surface area contributed by atoms with Crippen molar-refractivity contribution in [3.8, 4) is 0 Å². The van der Waals surface area contributed by atoms with Crippen LogP contribution in [0.4, 0.5) is 5.69 Å². The molecule has 2 amide bonds. The number of hydrogen-bond acceptors (Lipinski definition) is 4. The highest BCUT2D eigenvalue weighted by molar-refractivity contribution is 7.92. The highest BCUT2D eigenvalue weighted by Crippen LogP contribution is 2.26. The Bertz CT molecular complexity index is 1480. The Kier molecular flexibility index (Phi) is 10.9. The van der Waals surface area contributed by atoms with Crippen LogP contribution < -0.4 is 9.62 Å². The molecule has 4 rings (SSSR count). The molecule has 0 heterocycles. The monoisotopic (exact) mass is 629 g/mol. The van der Waals surface area contributed by atoms with E-state index in [2.05, 4.69) is 5.32 Å². The molecule has 0 saturated heterocycles. The van der Waals surface area contributed by atoms with E-state index in [0.29, 0.717) is 21.3 Å². The number of carbonyl (C=O) groups is 2. The van der Waals surface area contributed by atoms with E-state index >= 15 is 0 Å². The molecule has 224 valence electrons. The molecule has 7 nitrogen and oxygen atoms in total. The lowest BCUT2D eigenvalue weighted by atomic mass is 9.94. The molecule has 1 aliphatic rings. The first kappa shape index (κ1) is 31.9. The third-order valence-corrected chi connectivity index (χ3v) is 9.44. The Hall–Kier alpha value is -3.07. The van der Waals surface area contributed by atoms with E-state index in [1.807, 2.05) is 37.3 Å². The smallest absolute Gasteiger partial charge is 0.244 e. The van der Waals surface area contributed by atoms with Gasteiger partial charge in [-0.3, -0.25) is 13.9 Å². The zero-order valence-electron chi connectivity index (χ0n) is 23.9. The van der Waals surface area contributed by atoms with Gasteiger partial charge in [-0.2, -0.15) is 0 Å². The lowest BCUT2D eigenvalue weighted by Gasteiger charge is -2.35. The fourth-order valence-electron chi connectivity index (χ4n) is 5.26. The summed E-state index contributed by atoms with van der Waals surface area (Å²) in [5, 5.41) is 3.89. The van der Waals surface area contributed by atoms with Crippen molar-refractivity contribution in [3.05, 3.63) is 99.5 Å². The Morgan fingerprint density at radius 1 is 0.905 bits per heavy atom. The molecule has 0 aromatic heterocycles. The van der Waals surface area contributed by atoms with Gasteiger partial charge in [-0.05, 0) is 55.2 Å². The predicted octanol–water partition coefficient (Wildman–Crippen LogP) is 6.16. The first-order valence-electron chi connectivity index (χ1n) is 14.1. The maximum atomic E-state index is 14.2. The number of aryl methyl sites for hydroxylation is 1. The molecule has 0 spiro atoms. The van der Waals surface area contributed by atoms with Gasteiger partial charge in [0.2, 0.25) is 21.8 Å². The van der Waals surface area contributed by atoms with Crippen LogP contribution >= 0.6 is 23.2 Å². The topological polar surface area (TPSA) is 86.8 Å². The van der Waals surface area contributed by atoms with Gasteiger partial charge in [0.25, 0.3) is 0 Å². The summed E-state index contributed by atoms with van der Waals surface area (Å²) in [6.45, 7) is 1.47. The van der Waals surface area contributed by atoms with Crippen molar-refractivity contribution in [1.29, 1.82) is 0 Å². The molecule has 10 heteroatoms. The van der Waals surface area contributed by atoms with Gasteiger partial charge in [-0.25, -0.2) is 8.42 Å². The SMILES string of the molecule is Cc1ccc(N(CC(=O)N(Cc2ccc(Cl)c(Cl)c2)C(Cc2ccccc2)C(=O)NC2CCCCC2)S(C)(=O)=O)cc1. The molecule has 0 radical (unpaired) electrons. The van der Waals surface area contributed by atoms with E-state index in [4.69, 9.17) is 23.2 Å². The van der Waals surface area contributed by atoms with Crippen molar-refractivity contribution in [1.82, 2.24) is 10.2 Å². The molecule has 1 N–H and O–H groups in total. The highest BCUT2D eigenvalue weighted by atomic mass is 35.5. The van der Waals surface area contributed by atoms with E-state index in [-0.39, 0.29) is 24.9 Å². The Morgan fingerprint density at radius 3 is 2.19 bits per heavy atom. The molecule has 1 aliphatic carbocycles. The Labute approximate surface area is 258 Å². The van der Waals surface area contributed by atoms with Crippen LogP contribution in [0.5, 0.6) is 0 Å². The molecule has 3 aromatic carbocycles. The number of amides is 2. The van der Waals surface area contributed by atoms with Gasteiger partial charge >= 0.3 is 0 Å². The van der Waals surface area contributed by atoms with Crippen molar-refractivity contribution < 1.29 is 18.0 Å². The fraction of sp³-hybridized carbons (Fsp3) is 0.375. The number of halogens is 2. The molecule has 1 unspecified atom stereocenters. The van der Waals surface area contributed by atoms with Gasteiger partial charge in [-0.1, -0.05) is 96.6 Å². The molecule has 1 saturated carbocycles. The summed E-state index contributed by atoms with van der Waals surface area (Å²) in [7, 11) is -3.83. The van der Waals surface area contributed by atoms with Crippen LogP contribution in [0.1, 0.15) is 48.8 Å². The van der Waals surface area contributed by atoms with Crippen molar-refractivity contribution in [3.63, 3.8) is 0 Å². The third-order valence-electron chi connectivity index (χ3n) is 7.56. The third kappa shape index (κ3) is 8.72. The minimum Gasteiger partial charge on any atom is -0.352 e. The van der Waals surface area contributed by atoms with Crippen LogP contribution in [0, 0.1) is 6.92 Å². The average molecular weight is 631 g/mol. The standard InChI is InChI=1S/C32H37Cl2N3O4S/c1-23-13-16-27(17-14-23)37(42(2,40)41)22-31(38)36(21-25-15-18-28(33)29(34)19-25)30(20-24-9-5-3-6-10-24)32(39)35-26-11-7-4-8-12-26/h3,5-6,9-10,13-19,26,30H,4,7-8,11-12,20-22H2,1-2H3,(H,35,39). The van der Waals surface area contributed by atoms with Crippen LogP contribution in [0.15, 0.2) is 72.8 Å². The van der Waals surface area contributed by atoms with Crippen LogP contribution in [0.2, 0.25) is 10.0 Å². The minimum absolute atomic E-state index is 0.0338. The normalized spacial score (nSPS) is 14.7. The zero-order chi connectivity index (χ0) is 30.3. The maximum absolute atomic E-state index is 14.2. The van der Waals surface area contributed by atoms with Crippen LogP contribution in [0.25, 0.3) is 0 Å². The molecule has 1 atom stereocenters. The minimum atomic E-state index is -3.83. The second kappa shape index (κ2) is 14.4. The van der Waals surface area contributed by atoms with Crippen LogP contribution in [-0.4, -0.2) is 50.0 Å². The molecule has 42 heavy (non-hydrogen) atoms. The molecule has 0 bridgehead atoms. The van der Waals surface area contributed by atoms with E-state index in [1.54, 1.807) is 42.5 Å². The summed E-state index contributed by atoms with van der Waals surface area (Å²) >= 11 is 12.5. The number of nitrogens with one attached hydrogen (secondary N) is 1. The van der Waals surface area contributed by atoms with Crippen molar-refractivity contribution in [2.24, 2.45) is 0 Å². The molecular weight excluding hydrogens is 593 g/mol. The van der Waals surface area contributed by atoms with E-state index < -0.39 is 28.5 Å². The summed E-state index contributed by atoms with van der Waals surface area (Å²) in [5.74, 6) is -0.771. The van der Waals surface area contributed by atoms with E-state index in [9.17, 15) is 18.0 Å². The molecule has 3 aromatic rings. The Morgan fingerprint density at radius 2 is 1.57 bits per heavy atom.